The van der Waals surface area contributed by atoms with Crippen LogP contribution in [0.15, 0.2) is 170 Å². The molecule has 0 atom stereocenters. The summed E-state index contributed by atoms with van der Waals surface area (Å²) in [6, 6.07) is 58.5. The molecule has 0 saturated carbocycles. The fraction of sp³-hybridized carbons (Fsp3) is 0.0222. The smallest absolute Gasteiger partial charge is 0.164 e. The summed E-state index contributed by atoms with van der Waals surface area (Å²) in [4.78, 5) is 14.6. The Balaban J connectivity index is 1.11. The van der Waals surface area contributed by atoms with E-state index in [2.05, 4.69) is 115 Å². The molecular weight excluding hydrogens is 611 g/mol. The molecule has 3 aromatic heterocycles. The highest BCUT2D eigenvalue weighted by molar-refractivity contribution is 6.01. The maximum atomic E-state index is 5.26. The maximum Gasteiger partial charge on any atom is 0.164 e. The van der Waals surface area contributed by atoms with E-state index in [1.165, 1.54) is 10.8 Å². The molecule has 9 aromatic rings. The normalized spacial score (nSPS) is 11.3. The van der Waals surface area contributed by atoms with Gasteiger partial charge in [0.15, 0.2) is 17.5 Å². The van der Waals surface area contributed by atoms with Gasteiger partial charge in [-0.2, -0.15) is 5.10 Å². The predicted octanol–water partition coefficient (Wildman–Crippen LogP) is 11.0. The molecule has 0 spiro atoms. The van der Waals surface area contributed by atoms with E-state index >= 15 is 0 Å². The summed E-state index contributed by atoms with van der Waals surface area (Å²) in [6.45, 7) is 2.18. The molecule has 0 bridgehead atoms. The summed E-state index contributed by atoms with van der Waals surface area (Å²) < 4.78 is 2.12. The lowest BCUT2D eigenvalue weighted by atomic mass is 9.98. The molecule has 0 saturated heterocycles. The van der Waals surface area contributed by atoms with Crippen LogP contribution >= 0.6 is 0 Å². The van der Waals surface area contributed by atoms with Crippen LogP contribution in [0.4, 0.5) is 0 Å². The lowest BCUT2D eigenvalue weighted by Gasteiger charge is -2.09. The van der Waals surface area contributed by atoms with Gasteiger partial charge in [0, 0.05) is 38.8 Å². The highest BCUT2D eigenvalue weighted by atomic mass is 15.2. The Bertz CT molecular complexity index is 2570. The van der Waals surface area contributed by atoms with Gasteiger partial charge >= 0.3 is 0 Å². The van der Waals surface area contributed by atoms with Gasteiger partial charge < -0.3 is 0 Å². The average Bonchev–Trinajstić information content (AvgIpc) is 3.55. The molecule has 0 amide bonds. The zero-order chi connectivity index (χ0) is 33.4. The Labute approximate surface area is 290 Å². The number of nitrogens with zero attached hydrogens (tertiary/aromatic N) is 5. The molecule has 6 aromatic carbocycles. The minimum Gasteiger partial charge on any atom is -0.232 e. The number of aryl methyl sites for hydroxylation is 1. The van der Waals surface area contributed by atoms with Crippen molar-refractivity contribution in [3.05, 3.63) is 175 Å². The number of hydrogen-bond acceptors (Lipinski definition) is 4. The Morgan fingerprint density at radius 3 is 1.50 bits per heavy atom. The Kier molecular flexibility index (Phi) is 7.29. The summed E-state index contributed by atoms with van der Waals surface area (Å²) in [7, 11) is 0. The largest absolute Gasteiger partial charge is 0.232 e. The molecule has 9 rings (SSSR count). The number of rotatable bonds is 6. The first-order chi connectivity index (χ1) is 24.7. The van der Waals surface area contributed by atoms with E-state index in [4.69, 9.17) is 20.1 Å². The highest BCUT2D eigenvalue weighted by Gasteiger charge is 2.18. The first-order valence-corrected chi connectivity index (χ1v) is 16.7. The minimum atomic E-state index is 0.639. The fourth-order valence-corrected chi connectivity index (χ4v) is 6.72. The maximum absolute atomic E-state index is 5.26. The van der Waals surface area contributed by atoms with Gasteiger partial charge in [-0.05, 0) is 35.6 Å². The third-order valence-corrected chi connectivity index (χ3v) is 9.24. The number of pyridine rings is 1. The van der Waals surface area contributed by atoms with Crippen molar-refractivity contribution in [1.82, 2.24) is 24.6 Å². The van der Waals surface area contributed by atoms with Crippen molar-refractivity contribution in [3.63, 3.8) is 0 Å². The standard InChI is InChI=1S/C45H31N5/c1-30-41(49-50-40(32-14-5-2-6-15-32)29-37-20-11-12-23-39(37)42(30)50)38-22-13-21-36(28-38)31-24-26-35(27-25-31)45-47-43(33-16-7-3-8-17-33)46-44(48-45)34-18-9-4-10-19-34/h2-29H,1H3. The van der Waals surface area contributed by atoms with Gasteiger partial charge in [-0.1, -0.05) is 158 Å². The van der Waals surface area contributed by atoms with Crippen molar-refractivity contribution in [1.29, 1.82) is 0 Å². The van der Waals surface area contributed by atoms with E-state index < -0.39 is 0 Å². The van der Waals surface area contributed by atoms with Crippen LogP contribution in [0.3, 0.4) is 0 Å². The number of benzene rings is 6. The second kappa shape index (κ2) is 12.4. The van der Waals surface area contributed by atoms with E-state index in [-0.39, 0.29) is 0 Å². The molecule has 3 heterocycles. The zero-order valence-electron chi connectivity index (χ0n) is 27.4. The first-order valence-electron chi connectivity index (χ1n) is 16.7. The molecule has 0 aliphatic carbocycles. The van der Waals surface area contributed by atoms with Crippen LogP contribution in [0.25, 0.3) is 84.1 Å². The summed E-state index contributed by atoms with van der Waals surface area (Å²) in [5.41, 5.74) is 11.6. The monoisotopic (exact) mass is 641 g/mol. The van der Waals surface area contributed by atoms with Crippen LogP contribution in [-0.4, -0.2) is 24.6 Å². The van der Waals surface area contributed by atoms with Crippen LogP contribution in [0.1, 0.15) is 5.56 Å². The second-order valence-electron chi connectivity index (χ2n) is 12.4. The van der Waals surface area contributed by atoms with Crippen molar-refractivity contribution in [2.75, 3.05) is 0 Å². The van der Waals surface area contributed by atoms with Crippen molar-refractivity contribution in [2.45, 2.75) is 6.92 Å². The first kappa shape index (κ1) is 29.4. The highest BCUT2D eigenvalue weighted by Crippen LogP contribution is 2.36. The number of fused-ring (bicyclic) bond motifs is 3. The quantitative estimate of drug-likeness (QED) is 0.181. The summed E-state index contributed by atoms with van der Waals surface area (Å²) in [5, 5.41) is 7.65. The van der Waals surface area contributed by atoms with Gasteiger partial charge in [0.05, 0.1) is 16.9 Å². The minimum absolute atomic E-state index is 0.639. The van der Waals surface area contributed by atoms with Crippen LogP contribution in [-0.2, 0) is 0 Å². The molecule has 236 valence electrons. The van der Waals surface area contributed by atoms with Gasteiger partial charge in [-0.15, -0.1) is 0 Å². The third kappa shape index (κ3) is 5.31. The molecule has 5 nitrogen and oxygen atoms in total. The summed E-state index contributed by atoms with van der Waals surface area (Å²) >= 11 is 0. The zero-order valence-corrected chi connectivity index (χ0v) is 27.4. The second-order valence-corrected chi connectivity index (χ2v) is 12.4. The SMILES string of the molecule is Cc1c(-c2cccc(-c3ccc(-c4nc(-c5ccccc5)nc(-c5ccccc5)n4)cc3)c2)nn2c(-c3ccccc3)cc3ccccc3c12. The Hall–Kier alpha value is -6.72. The molecule has 0 aliphatic rings. The van der Waals surface area contributed by atoms with Gasteiger partial charge in [0.1, 0.15) is 0 Å². The molecule has 5 heteroatoms. The molecule has 0 unspecified atom stereocenters. The van der Waals surface area contributed by atoms with E-state index in [0.717, 1.165) is 61.4 Å². The molecule has 0 fully saturated rings. The van der Waals surface area contributed by atoms with E-state index in [0.29, 0.717) is 17.5 Å². The average molecular weight is 642 g/mol. The van der Waals surface area contributed by atoms with E-state index in [1.807, 2.05) is 66.7 Å². The molecule has 50 heavy (non-hydrogen) atoms. The van der Waals surface area contributed by atoms with Crippen LogP contribution in [0.5, 0.6) is 0 Å². The molecule has 0 N–H and O–H groups in total. The van der Waals surface area contributed by atoms with Gasteiger partial charge in [-0.3, -0.25) is 0 Å². The van der Waals surface area contributed by atoms with Crippen LogP contribution < -0.4 is 0 Å². The Morgan fingerprint density at radius 1 is 0.400 bits per heavy atom. The van der Waals surface area contributed by atoms with Gasteiger partial charge in [0.2, 0.25) is 0 Å². The van der Waals surface area contributed by atoms with Crippen LogP contribution in [0, 0.1) is 6.92 Å². The lowest BCUT2D eigenvalue weighted by Crippen LogP contribution is -2.00. The Morgan fingerprint density at radius 2 is 0.880 bits per heavy atom. The molecular formula is C45H31N5. The summed E-state index contributed by atoms with van der Waals surface area (Å²) in [6.07, 6.45) is 0. The van der Waals surface area contributed by atoms with Crippen molar-refractivity contribution < 1.29 is 0 Å². The van der Waals surface area contributed by atoms with Gasteiger partial charge in [-0.25, -0.2) is 19.5 Å². The van der Waals surface area contributed by atoms with E-state index in [9.17, 15) is 0 Å². The number of aromatic nitrogens is 5. The third-order valence-electron chi connectivity index (χ3n) is 9.24. The van der Waals surface area contributed by atoms with Crippen molar-refractivity contribution in [2.24, 2.45) is 0 Å². The van der Waals surface area contributed by atoms with Crippen LogP contribution in [0.2, 0.25) is 0 Å². The summed E-state index contributed by atoms with van der Waals surface area (Å²) in [5.74, 6) is 1.94. The van der Waals surface area contributed by atoms with Gasteiger partial charge in [0.25, 0.3) is 0 Å². The molecule has 0 radical (unpaired) electrons. The lowest BCUT2D eigenvalue weighted by molar-refractivity contribution is 0.979. The van der Waals surface area contributed by atoms with Crippen molar-refractivity contribution in [3.8, 4) is 67.8 Å². The van der Waals surface area contributed by atoms with Crippen molar-refractivity contribution >= 4 is 16.3 Å². The number of hydrogen-bond donors (Lipinski definition) is 0. The topological polar surface area (TPSA) is 56.0 Å². The predicted molar refractivity (Wildman–Crippen MR) is 203 cm³/mol. The van der Waals surface area contributed by atoms with E-state index in [1.54, 1.807) is 0 Å². The fourth-order valence-electron chi connectivity index (χ4n) is 6.72. The molecule has 0 aliphatic heterocycles.